The summed E-state index contributed by atoms with van der Waals surface area (Å²) in [4.78, 5) is 14.2. The van der Waals surface area contributed by atoms with Crippen LogP contribution in [0.4, 0.5) is 4.39 Å². The van der Waals surface area contributed by atoms with Gasteiger partial charge in [0, 0.05) is 17.6 Å². The highest BCUT2D eigenvalue weighted by Gasteiger charge is 2.16. The first-order chi connectivity index (χ1) is 11.0. The maximum absolute atomic E-state index is 13.8. The van der Waals surface area contributed by atoms with E-state index in [2.05, 4.69) is 17.4 Å². The number of rotatable bonds is 6. The van der Waals surface area contributed by atoms with Gasteiger partial charge in [0.1, 0.15) is 5.82 Å². The predicted octanol–water partition coefficient (Wildman–Crippen LogP) is 3.38. The third-order valence-electron chi connectivity index (χ3n) is 3.72. The van der Waals surface area contributed by atoms with Gasteiger partial charge in [0.05, 0.1) is 5.56 Å². The van der Waals surface area contributed by atoms with Crippen LogP contribution in [0, 0.1) is 5.82 Å². The number of carbonyl (C=O) groups is 1. The fraction of sp³-hybridized carbons (Fsp3) is 0.278. The van der Waals surface area contributed by atoms with Gasteiger partial charge in [0.2, 0.25) is 0 Å². The van der Waals surface area contributed by atoms with Crippen molar-refractivity contribution in [3.8, 4) is 0 Å². The average molecular weight is 335 g/mol. The summed E-state index contributed by atoms with van der Waals surface area (Å²) >= 11 is 5.70. The van der Waals surface area contributed by atoms with Gasteiger partial charge in [-0.3, -0.25) is 4.79 Å². The summed E-state index contributed by atoms with van der Waals surface area (Å²) in [5, 5.41) is 3.07. The van der Waals surface area contributed by atoms with Crippen molar-refractivity contribution >= 4 is 17.5 Å². The van der Waals surface area contributed by atoms with E-state index >= 15 is 0 Å². The Morgan fingerprint density at radius 1 is 1.22 bits per heavy atom. The molecule has 5 heteroatoms. The Hall–Kier alpha value is -1.91. The van der Waals surface area contributed by atoms with Gasteiger partial charge < -0.3 is 10.2 Å². The van der Waals surface area contributed by atoms with Crippen molar-refractivity contribution in [2.24, 2.45) is 0 Å². The fourth-order valence-electron chi connectivity index (χ4n) is 2.30. The second-order valence-corrected chi connectivity index (χ2v) is 6.08. The first-order valence-electron chi connectivity index (χ1n) is 7.41. The van der Waals surface area contributed by atoms with E-state index in [-0.39, 0.29) is 16.6 Å². The maximum Gasteiger partial charge on any atom is 0.254 e. The number of hydrogen-bond acceptors (Lipinski definition) is 2. The zero-order valence-electron chi connectivity index (χ0n) is 13.2. The number of benzene rings is 2. The van der Waals surface area contributed by atoms with Crippen molar-refractivity contribution in [1.29, 1.82) is 0 Å². The molecule has 0 aliphatic rings. The molecule has 0 heterocycles. The summed E-state index contributed by atoms with van der Waals surface area (Å²) < 4.78 is 13.8. The number of carbonyl (C=O) groups excluding carboxylic acids is 1. The van der Waals surface area contributed by atoms with Crippen LogP contribution in [0.1, 0.15) is 15.9 Å². The third kappa shape index (κ3) is 5.05. The van der Waals surface area contributed by atoms with Crippen LogP contribution >= 0.6 is 11.6 Å². The molecule has 1 amide bonds. The van der Waals surface area contributed by atoms with Crippen LogP contribution in [-0.4, -0.2) is 37.5 Å². The van der Waals surface area contributed by atoms with Crippen molar-refractivity contribution in [1.82, 2.24) is 10.2 Å². The summed E-state index contributed by atoms with van der Waals surface area (Å²) in [5.41, 5.74) is 1.20. The van der Waals surface area contributed by atoms with Crippen molar-refractivity contribution in [2.75, 3.05) is 20.6 Å². The molecule has 0 unspecified atom stereocenters. The van der Waals surface area contributed by atoms with Crippen molar-refractivity contribution < 1.29 is 9.18 Å². The lowest BCUT2D eigenvalue weighted by molar-refractivity contribution is 0.0937. The summed E-state index contributed by atoms with van der Waals surface area (Å²) in [7, 11) is 3.92. The van der Waals surface area contributed by atoms with Gasteiger partial charge in [-0.2, -0.15) is 0 Å². The molecule has 0 bridgehead atoms. The molecule has 23 heavy (non-hydrogen) atoms. The second-order valence-electron chi connectivity index (χ2n) is 5.64. The number of halogens is 2. The average Bonchev–Trinajstić information content (AvgIpc) is 2.51. The highest BCUT2D eigenvalue weighted by molar-refractivity contribution is 6.30. The van der Waals surface area contributed by atoms with E-state index in [1.165, 1.54) is 17.7 Å². The third-order valence-corrected chi connectivity index (χ3v) is 3.95. The molecule has 0 fully saturated rings. The van der Waals surface area contributed by atoms with Crippen LogP contribution < -0.4 is 5.32 Å². The molecule has 0 saturated carbocycles. The van der Waals surface area contributed by atoms with Crippen LogP contribution in [0.25, 0.3) is 0 Å². The normalized spacial score (nSPS) is 12.2. The molecule has 2 aromatic carbocycles. The standard InChI is InChI=1S/C18H20ClFN2O/c1-22(2)15(10-13-6-4-3-5-7-13)12-21-18(23)16-9-8-14(19)11-17(16)20/h3-9,11,15H,10,12H2,1-2H3,(H,21,23)/t15-/m0/s1. The van der Waals surface area contributed by atoms with E-state index < -0.39 is 11.7 Å². The van der Waals surface area contributed by atoms with Gasteiger partial charge in [-0.15, -0.1) is 0 Å². The molecule has 2 rings (SSSR count). The van der Waals surface area contributed by atoms with E-state index in [9.17, 15) is 9.18 Å². The van der Waals surface area contributed by atoms with Gasteiger partial charge in [0.25, 0.3) is 5.91 Å². The Bertz CT molecular complexity index is 661. The zero-order chi connectivity index (χ0) is 16.8. The molecule has 1 N–H and O–H groups in total. The first-order valence-corrected chi connectivity index (χ1v) is 7.79. The van der Waals surface area contributed by atoms with Crippen LogP contribution in [0.2, 0.25) is 5.02 Å². The monoisotopic (exact) mass is 334 g/mol. The van der Waals surface area contributed by atoms with Crippen LogP contribution in [0.15, 0.2) is 48.5 Å². The minimum absolute atomic E-state index is 0.00613. The maximum atomic E-state index is 13.8. The van der Waals surface area contributed by atoms with E-state index in [0.717, 1.165) is 12.5 Å². The quantitative estimate of drug-likeness (QED) is 0.878. The smallest absolute Gasteiger partial charge is 0.254 e. The summed E-state index contributed by atoms with van der Waals surface area (Å²) in [6.07, 6.45) is 0.803. The van der Waals surface area contributed by atoms with E-state index in [0.29, 0.717) is 6.54 Å². The summed E-state index contributed by atoms with van der Waals surface area (Å²) in [6, 6.07) is 14.2. The Labute approximate surface area is 141 Å². The molecule has 122 valence electrons. The zero-order valence-corrected chi connectivity index (χ0v) is 14.0. The minimum Gasteiger partial charge on any atom is -0.350 e. The summed E-state index contributed by atoms with van der Waals surface area (Å²) in [5.74, 6) is -1.04. The van der Waals surface area contributed by atoms with Gasteiger partial charge in [-0.1, -0.05) is 41.9 Å². The number of nitrogens with one attached hydrogen (secondary N) is 1. The lowest BCUT2D eigenvalue weighted by Crippen LogP contribution is -2.41. The lowest BCUT2D eigenvalue weighted by atomic mass is 10.0. The van der Waals surface area contributed by atoms with Gasteiger partial charge in [-0.25, -0.2) is 4.39 Å². The van der Waals surface area contributed by atoms with Gasteiger partial charge >= 0.3 is 0 Å². The first kappa shape index (κ1) is 17.4. The molecule has 0 aliphatic carbocycles. The Kier molecular flexibility index (Phi) is 6.13. The van der Waals surface area contributed by atoms with E-state index in [1.54, 1.807) is 0 Å². The number of amides is 1. The SMILES string of the molecule is CN(C)[C@H](CNC(=O)c1ccc(Cl)cc1F)Cc1ccccc1. The molecule has 0 spiro atoms. The molecule has 0 aliphatic heterocycles. The van der Waals surface area contributed by atoms with Crippen LogP contribution in [0.3, 0.4) is 0 Å². The van der Waals surface area contributed by atoms with Crippen LogP contribution in [-0.2, 0) is 6.42 Å². The van der Waals surface area contributed by atoms with Gasteiger partial charge in [-0.05, 0) is 44.3 Å². The number of nitrogens with zero attached hydrogens (tertiary/aromatic N) is 1. The van der Waals surface area contributed by atoms with Crippen molar-refractivity contribution in [2.45, 2.75) is 12.5 Å². The molecule has 1 atom stereocenters. The number of likely N-dealkylation sites (N-methyl/N-ethyl adjacent to an activating group) is 1. The highest BCUT2D eigenvalue weighted by Crippen LogP contribution is 2.14. The topological polar surface area (TPSA) is 32.3 Å². The van der Waals surface area contributed by atoms with E-state index in [1.807, 2.05) is 37.2 Å². The molecule has 2 aromatic rings. The summed E-state index contributed by atoms with van der Waals surface area (Å²) in [6.45, 7) is 0.433. The lowest BCUT2D eigenvalue weighted by Gasteiger charge is -2.25. The van der Waals surface area contributed by atoms with E-state index in [4.69, 9.17) is 11.6 Å². The Balaban J connectivity index is 1.99. The molecule has 0 radical (unpaired) electrons. The molecule has 3 nitrogen and oxygen atoms in total. The molecular formula is C18H20ClFN2O. The van der Waals surface area contributed by atoms with Gasteiger partial charge in [0.15, 0.2) is 0 Å². The van der Waals surface area contributed by atoms with Crippen molar-refractivity contribution in [3.05, 3.63) is 70.5 Å². The highest BCUT2D eigenvalue weighted by atomic mass is 35.5. The Morgan fingerprint density at radius 3 is 2.52 bits per heavy atom. The molecular weight excluding hydrogens is 315 g/mol. The van der Waals surface area contributed by atoms with Crippen molar-refractivity contribution in [3.63, 3.8) is 0 Å². The molecule has 0 aromatic heterocycles. The molecule has 0 saturated heterocycles. The number of hydrogen-bond donors (Lipinski definition) is 1. The minimum atomic E-state index is -0.612. The van der Waals surface area contributed by atoms with Crippen LogP contribution in [0.5, 0.6) is 0 Å². The predicted molar refractivity (Wildman–Crippen MR) is 91.4 cm³/mol. The largest absolute Gasteiger partial charge is 0.350 e. The Morgan fingerprint density at radius 2 is 1.91 bits per heavy atom. The fourth-order valence-corrected chi connectivity index (χ4v) is 2.46. The second kappa shape index (κ2) is 8.09.